The average molecular weight is 315 g/mol. The fourth-order valence-electron chi connectivity index (χ4n) is 3.64. The van der Waals surface area contributed by atoms with E-state index in [1.807, 2.05) is 31.4 Å². The summed E-state index contributed by atoms with van der Waals surface area (Å²) in [6.07, 6.45) is 2.56. The summed E-state index contributed by atoms with van der Waals surface area (Å²) in [5, 5.41) is 0. The molecule has 24 heavy (non-hydrogen) atoms. The van der Waals surface area contributed by atoms with Crippen LogP contribution in [0.2, 0.25) is 0 Å². The molecule has 0 spiro atoms. The lowest BCUT2D eigenvalue weighted by Gasteiger charge is -2.10. The predicted molar refractivity (Wildman–Crippen MR) is 92.3 cm³/mol. The SMILES string of the molecule is [C-]#[N+]c1ccc2c(c1F)Cc1c-2ccc(C)c1-c1cccc[n+]1C. The van der Waals surface area contributed by atoms with Crippen molar-refractivity contribution < 1.29 is 8.96 Å². The quantitative estimate of drug-likeness (QED) is 0.354. The van der Waals surface area contributed by atoms with Gasteiger partial charge in [-0.25, -0.2) is 13.8 Å². The lowest BCUT2D eigenvalue weighted by Crippen LogP contribution is -2.30. The molecule has 2 nitrogen and oxygen atoms in total. The van der Waals surface area contributed by atoms with Crippen LogP contribution >= 0.6 is 0 Å². The zero-order valence-electron chi connectivity index (χ0n) is 13.6. The second-order valence-corrected chi connectivity index (χ2v) is 6.19. The van der Waals surface area contributed by atoms with Crippen molar-refractivity contribution in [2.45, 2.75) is 13.3 Å². The molecule has 0 saturated carbocycles. The standard InChI is InChI=1S/C21H16FN2/c1-13-7-8-14-15-9-10-18(23-2)21(22)17(15)12-16(14)20(13)19-6-4-5-11-24(19)3/h4-11H,12H2,1,3H3/q+1. The van der Waals surface area contributed by atoms with Gasteiger partial charge < -0.3 is 0 Å². The Morgan fingerprint density at radius 1 is 1.04 bits per heavy atom. The second kappa shape index (κ2) is 5.28. The summed E-state index contributed by atoms with van der Waals surface area (Å²) in [6.45, 7) is 9.22. The van der Waals surface area contributed by atoms with E-state index in [9.17, 15) is 4.39 Å². The first-order chi connectivity index (χ1) is 11.6. The molecular weight excluding hydrogens is 299 g/mol. The van der Waals surface area contributed by atoms with E-state index >= 15 is 0 Å². The minimum atomic E-state index is -0.375. The third-order valence-electron chi connectivity index (χ3n) is 4.82. The fraction of sp³-hybridized carbons (Fsp3) is 0.143. The van der Waals surface area contributed by atoms with Crippen molar-refractivity contribution in [2.75, 3.05) is 0 Å². The van der Waals surface area contributed by atoms with E-state index in [0.717, 1.165) is 27.9 Å². The van der Waals surface area contributed by atoms with Gasteiger partial charge in [0.25, 0.3) is 0 Å². The zero-order valence-corrected chi connectivity index (χ0v) is 13.6. The monoisotopic (exact) mass is 315 g/mol. The molecule has 0 bridgehead atoms. The number of hydrogen-bond donors (Lipinski definition) is 0. The number of nitrogens with zero attached hydrogens (tertiary/aromatic N) is 2. The Morgan fingerprint density at radius 3 is 2.54 bits per heavy atom. The maximum Gasteiger partial charge on any atom is 0.222 e. The zero-order chi connectivity index (χ0) is 16.8. The highest BCUT2D eigenvalue weighted by molar-refractivity contribution is 5.86. The van der Waals surface area contributed by atoms with E-state index in [2.05, 4.69) is 34.5 Å². The fourth-order valence-corrected chi connectivity index (χ4v) is 3.64. The van der Waals surface area contributed by atoms with Gasteiger partial charge in [0.1, 0.15) is 12.9 Å². The van der Waals surface area contributed by atoms with Crippen molar-refractivity contribution in [3.05, 3.63) is 82.6 Å². The van der Waals surface area contributed by atoms with E-state index in [-0.39, 0.29) is 11.5 Å². The van der Waals surface area contributed by atoms with Crippen molar-refractivity contribution in [3.63, 3.8) is 0 Å². The lowest BCUT2D eigenvalue weighted by molar-refractivity contribution is -0.660. The Labute approximate surface area is 140 Å². The Hall–Kier alpha value is -2.99. The number of aryl methyl sites for hydroxylation is 2. The third kappa shape index (κ3) is 1.97. The first-order valence-electron chi connectivity index (χ1n) is 7.88. The van der Waals surface area contributed by atoms with Crippen LogP contribution in [0.25, 0.3) is 27.2 Å². The van der Waals surface area contributed by atoms with E-state index in [1.54, 1.807) is 6.07 Å². The summed E-state index contributed by atoms with van der Waals surface area (Å²) >= 11 is 0. The maximum absolute atomic E-state index is 14.6. The predicted octanol–water partition coefficient (Wildman–Crippen LogP) is 4.75. The molecule has 0 amide bonds. The largest absolute Gasteiger partial charge is 0.235 e. The van der Waals surface area contributed by atoms with Gasteiger partial charge in [0.2, 0.25) is 11.4 Å². The molecule has 4 rings (SSSR count). The normalized spacial score (nSPS) is 11.8. The number of rotatable bonds is 1. The summed E-state index contributed by atoms with van der Waals surface area (Å²) in [4.78, 5) is 3.29. The molecule has 0 aliphatic heterocycles. The Kier molecular flexibility index (Phi) is 3.21. The van der Waals surface area contributed by atoms with Gasteiger partial charge in [0.15, 0.2) is 6.20 Å². The van der Waals surface area contributed by atoms with Gasteiger partial charge >= 0.3 is 0 Å². The smallest absolute Gasteiger partial charge is 0.222 e. The van der Waals surface area contributed by atoms with Crippen molar-refractivity contribution in [2.24, 2.45) is 7.05 Å². The summed E-state index contributed by atoms with van der Waals surface area (Å²) < 4.78 is 16.7. The highest BCUT2D eigenvalue weighted by atomic mass is 19.1. The number of fused-ring (bicyclic) bond motifs is 3. The minimum absolute atomic E-state index is 0.102. The maximum atomic E-state index is 14.6. The Morgan fingerprint density at radius 2 is 1.79 bits per heavy atom. The van der Waals surface area contributed by atoms with Crippen LogP contribution in [0.5, 0.6) is 0 Å². The molecular formula is C21H16FN2+. The second-order valence-electron chi connectivity index (χ2n) is 6.19. The topological polar surface area (TPSA) is 8.24 Å². The summed E-state index contributed by atoms with van der Waals surface area (Å²) in [5.74, 6) is -0.375. The molecule has 2 aromatic carbocycles. The molecule has 3 aromatic rings. The van der Waals surface area contributed by atoms with Crippen molar-refractivity contribution in [1.29, 1.82) is 0 Å². The van der Waals surface area contributed by atoms with Gasteiger partial charge in [-0.05, 0) is 40.8 Å². The first-order valence-corrected chi connectivity index (χ1v) is 7.88. The van der Waals surface area contributed by atoms with Crippen LogP contribution in [0.4, 0.5) is 10.1 Å². The van der Waals surface area contributed by atoms with Crippen LogP contribution in [0.1, 0.15) is 16.7 Å². The molecule has 116 valence electrons. The van der Waals surface area contributed by atoms with Crippen molar-refractivity contribution in [1.82, 2.24) is 0 Å². The number of hydrogen-bond acceptors (Lipinski definition) is 0. The molecule has 1 aliphatic carbocycles. The van der Waals surface area contributed by atoms with Crippen LogP contribution in [-0.4, -0.2) is 0 Å². The van der Waals surface area contributed by atoms with Gasteiger partial charge in [-0.3, -0.25) is 0 Å². The molecule has 0 fully saturated rings. The molecule has 1 aliphatic rings. The highest BCUT2D eigenvalue weighted by Crippen LogP contribution is 2.44. The number of aromatic nitrogens is 1. The molecule has 3 heteroatoms. The lowest BCUT2D eigenvalue weighted by atomic mass is 9.94. The van der Waals surface area contributed by atoms with Crippen LogP contribution in [-0.2, 0) is 13.5 Å². The van der Waals surface area contributed by atoms with Crippen molar-refractivity contribution in [3.8, 4) is 22.4 Å². The summed E-state index contributed by atoms with van der Waals surface area (Å²) in [5.41, 5.74) is 7.33. The molecule has 0 saturated heterocycles. The molecule has 0 unspecified atom stereocenters. The average Bonchev–Trinajstić information content (AvgIpc) is 2.96. The van der Waals surface area contributed by atoms with E-state index < -0.39 is 0 Å². The third-order valence-corrected chi connectivity index (χ3v) is 4.82. The molecule has 0 radical (unpaired) electrons. The van der Waals surface area contributed by atoms with Crippen LogP contribution in [0, 0.1) is 19.3 Å². The van der Waals surface area contributed by atoms with Gasteiger partial charge in [-0.2, -0.15) is 0 Å². The molecule has 1 heterocycles. The molecule has 1 aromatic heterocycles. The molecule has 0 N–H and O–H groups in total. The Bertz CT molecular complexity index is 1030. The number of halogens is 1. The van der Waals surface area contributed by atoms with E-state index in [4.69, 9.17) is 6.57 Å². The highest BCUT2D eigenvalue weighted by Gasteiger charge is 2.28. The van der Waals surface area contributed by atoms with Crippen molar-refractivity contribution >= 4 is 5.69 Å². The van der Waals surface area contributed by atoms with Gasteiger partial charge in [-0.1, -0.05) is 24.3 Å². The summed E-state index contributed by atoms with van der Waals surface area (Å²) in [6, 6.07) is 13.7. The van der Waals surface area contributed by atoms with Crippen LogP contribution < -0.4 is 4.57 Å². The first kappa shape index (κ1) is 14.6. The van der Waals surface area contributed by atoms with Gasteiger partial charge in [0.05, 0.1) is 12.1 Å². The van der Waals surface area contributed by atoms with E-state index in [0.29, 0.717) is 12.0 Å². The van der Waals surface area contributed by atoms with Crippen LogP contribution in [0.15, 0.2) is 48.7 Å². The minimum Gasteiger partial charge on any atom is -0.235 e. The van der Waals surface area contributed by atoms with Crippen LogP contribution in [0.3, 0.4) is 0 Å². The van der Waals surface area contributed by atoms with E-state index in [1.165, 1.54) is 5.56 Å². The number of benzene rings is 2. The van der Waals surface area contributed by atoms with Gasteiger partial charge in [0, 0.05) is 18.6 Å². The molecule has 0 atom stereocenters. The number of pyridine rings is 1. The summed E-state index contributed by atoms with van der Waals surface area (Å²) in [7, 11) is 2.02. The Balaban J connectivity index is 2.00. The van der Waals surface area contributed by atoms with Gasteiger partial charge in [-0.15, -0.1) is 0 Å².